The van der Waals surface area contributed by atoms with Crippen molar-refractivity contribution >= 4 is 5.91 Å². The van der Waals surface area contributed by atoms with Crippen LogP contribution in [0.5, 0.6) is 0 Å². The number of nitrogens with two attached hydrogens (primary N) is 1. The van der Waals surface area contributed by atoms with E-state index in [1.807, 2.05) is 11.8 Å². The first-order chi connectivity index (χ1) is 7.16. The second-order valence-corrected chi connectivity index (χ2v) is 4.13. The molecule has 0 unspecified atom stereocenters. The Balaban J connectivity index is 2.53. The minimum Gasteiger partial charge on any atom is -0.380 e. The van der Waals surface area contributed by atoms with Gasteiger partial charge in [0.1, 0.15) is 0 Å². The number of carbonyl (C=O) groups is 1. The molecule has 2 N–H and O–H groups in total. The molecule has 1 heterocycles. The number of hydrogen-bond donors (Lipinski definition) is 1. The normalized spacial score (nSPS) is 23.9. The molecule has 88 valence electrons. The zero-order chi connectivity index (χ0) is 11.3. The van der Waals surface area contributed by atoms with Crippen LogP contribution in [0.3, 0.4) is 0 Å². The van der Waals surface area contributed by atoms with Crippen LogP contribution in [-0.2, 0) is 9.53 Å². The van der Waals surface area contributed by atoms with Gasteiger partial charge in [-0.05, 0) is 33.1 Å². The maximum Gasteiger partial charge on any atom is 0.239 e. The molecular weight excluding hydrogens is 192 g/mol. The first-order valence-corrected chi connectivity index (χ1v) is 5.80. The molecule has 0 bridgehead atoms. The monoisotopic (exact) mass is 214 g/mol. The fraction of sp³-hybridized carbons (Fsp3) is 0.909. The summed E-state index contributed by atoms with van der Waals surface area (Å²) in [6, 6.07) is -0.163. The van der Waals surface area contributed by atoms with Crippen LogP contribution in [0.15, 0.2) is 0 Å². The van der Waals surface area contributed by atoms with Crippen LogP contribution in [0.1, 0.15) is 33.1 Å². The Morgan fingerprint density at radius 2 is 2.33 bits per heavy atom. The number of piperidine rings is 1. The Morgan fingerprint density at radius 3 is 2.93 bits per heavy atom. The van der Waals surface area contributed by atoms with E-state index in [1.165, 1.54) is 6.42 Å². The smallest absolute Gasteiger partial charge is 0.239 e. The highest BCUT2D eigenvalue weighted by Gasteiger charge is 2.28. The maximum absolute atomic E-state index is 11.8. The molecule has 0 spiro atoms. The lowest BCUT2D eigenvalue weighted by molar-refractivity contribution is -0.137. The van der Waals surface area contributed by atoms with E-state index in [4.69, 9.17) is 10.5 Å². The SMILES string of the molecule is CCOC[C@@H]1CCCCN1C(=O)[C@@H](C)N. The summed E-state index contributed by atoms with van der Waals surface area (Å²) in [6.45, 7) is 5.90. The third kappa shape index (κ3) is 3.47. The summed E-state index contributed by atoms with van der Waals surface area (Å²) in [7, 11) is 0. The molecule has 2 atom stereocenters. The molecule has 0 aliphatic carbocycles. The van der Waals surface area contributed by atoms with Gasteiger partial charge in [0.2, 0.25) is 5.91 Å². The molecule has 0 saturated carbocycles. The third-order valence-corrected chi connectivity index (χ3v) is 2.81. The van der Waals surface area contributed by atoms with Crippen LogP contribution in [0, 0.1) is 0 Å². The van der Waals surface area contributed by atoms with Gasteiger partial charge in [0, 0.05) is 13.2 Å². The van der Waals surface area contributed by atoms with Gasteiger partial charge < -0.3 is 15.4 Å². The van der Waals surface area contributed by atoms with Gasteiger partial charge in [-0.1, -0.05) is 0 Å². The number of ether oxygens (including phenoxy) is 1. The van der Waals surface area contributed by atoms with Crippen molar-refractivity contribution in [3.8, 4) is 0 Å². The standard InChI is InChI=1S/C11H22N2O2/c1-3-15-8-10-6-4-5-7-13(10)11(14)9(2)12/h9-10H,3-8,12H2,1-2H3/t9-,10+/m1/s1. The first kappa shape index (κ1) is 12.5. The van der Waals surface area contributed by atoms with Crippen molar-refractivity contribution in [2.75, 3.05) is 19.8 Å². The van der Waals surface area contributed by atoms with Gasteiger partial charge in [0.25, 0.3) is 0 Å². The average Bonchev–Trinajstić information content (AvgIpc) is 2.25. The molecule has 1 rings (SSSR count). The summed E-state index contributed by atoms with van der Waals surface area (Å²) >= 11 is 0. The van der Waals surface area contributed by atoms with Crippen molar-refractivity contribution in [3.05, 3.63) is 0 Å². The quantitative estimate of drug-likeness (QED) is 0.751. The Hall–Kier alpha value is -0.610. The number of carbonyl (C=O) groups excluding carboxylic acids is 1. The predicted molar refractivity (Wildman–Crippen MR) is 59.5 cm³/mol. The predicted octanol–water partition coefficient (Wildman–Crippen LogP) is 0.751. The molecule has 0 aromatic rings. The van der Waals surface area contributed by atoms with Crippen molar-refractivity contribution in [1.29, 1.82) is 0 Å². The highest BCUT2D eigenvalue weighted by atomic mass is 16.5. The average molecular weight is 214 g/mol. The van der Waals surface area contributed by atoms with Crippen molar-refractivity contribution < 1.29 is 9.53 Å². The summed E-state index contributed by atoms with van der Waals surface area (Å²) < 4.78 is 5.40. The molecule has 1 aliphatic rings. The topological polar surface area (TPSA) is 55.6 Å². The third-order valence-electron chi connectivity index (χ3n) is 2.81. The first-order valence-electron chi connectivity index (χ1n) is 5.80. The van der Waals surface area contributed by atoms with Gasteiger partial charge in [0.15, 0.2) is 0 Å². The van der Waals surface area contributed by atoms with E-state index in [9.17, 15) is 4.79 Å². The van der Waals surface area contributed by atoms with Crippen LogP contribution < -0.4 is 5.73 Å². The summed E-state index contributed by atoms with van der Waals surface area (Å²) in [5, 5.41) is 0. The summed E-state index contributed by atoms with van der Waals surface area (Å²) in [4.78, 5) is 13.7. The van der Waals surface area contributed by atoms with Gasteiger partial charge in [-0.15, -0.1) is 0 Å². The van der Waals surface area contributed by atoms with E-state index in [1.54, 1.807) is 6.92 Å². The van der Waals surface area contributed by atoms with Crippen LogP contribution in [0.25, 0.3) is 0 Å². The van der Waals surface area contributed by atoms with Crippen LogP contribution in [0.2, 0.25) is 0 Å². The second kappa shape index (κ2) is 6.08. The minimum atomic E-state index is -0.396. The lowest BCUT2D eigenvalue weighted by Crippen LogP contribution is -2.51. The summed E-state index contributed by atoms with van der Waals surface area (Å²) in [5.74, 6) is 0.0550. The van der Waals surface area contributed by atoms with Crippen molar-refractivity contribution in [2.24, 2.45) is 5.73 Å². The fourth-order valence-electron chi connectivity index (χ4n) is 1.98. The van der Waals surface area contributed by atoms with Crippen LogP contribution in [0.4, 0.5) is 0 Å². The molecule has 4 nitrogen and oxygen atoms in total. The molecule has 1 fully saturated rings. The van der Waals surface area contributed by atoms with Crippen molar-refractivity contribution in [2.45, 2.75) is 45.2 Å². The van der Waals surface area contributed by atoms with E-state index in [-0.39, 0.29) is 11.9 Å². The second-order valence-electron chi connectivity index (χ2n) is 4.13. The molecule has 0 radical (unpaired) electrons. The molecular formula is C11H22N2O2. The molecule has 4 heteroatoms. The highest BCUT2D eigenvalue weighted by molar-refractivity contribution is 5.81. The number of rotatable bonds is 4. The lowest BCUT2D eigenvalue weighted by Gasteiger charge is -2.36. The van der Waals surface area contributed by atoms with Gasteiger partial charge in [-0.25, -0.2) is 0 Å². The van der Waals surface area contributed by atoms with Gasteiger partial charge in [-0.2, -0.15) is 0 Å². The fourth-order valence-corrected chi connectivity index (χ4v) is 1.98. The van der Waals surface area contributed by atoms with E-state index in [0.29, 0.717) is 13.2 Å². The molecule has 1 saturated heterocycles. The molecule has 0 aromatic heterocycles. The summed E-state index contributed by atoms with van der Waals surface area (Å²) in [5.41, 5.74) is 5.63. The largest absolute Gasteiger partial charge is 0.380 e. The van der Waals surface area contributed by atoms with Crippen molar-refractivity contribution in [1.82, 2.24) is 4.90 Å². The van der Waals surface area contributed by atoms with E-state index in [2.05, 4.69) is 0 Å². The molecule has 1 amide bonds. The Kier molecular flexibility index (Phi) is 5.05. The number of amides is 1. The Morgan fingerprint density at radius 1 is 1.60 bits per heavy atom. The Labute approximate surface area is 91.8 Å². The van der Waals surface area contributed by atoms with Crippen molar-refractivity contribution in [3.63, 3.8) is 0 Å². The molecule has 0 aromatic carbocycles. The van der Waals surface area contributed by atoms with Gasteiger partial charge >= 0.3 is 0 Å². The van der Waals surface area contributed by atoms with E-state index < -0.39 is 6.04 Å². The van der Waals surface area contributed by atoms with Gasteiger partial charge in [0.05, 0.1) is 18.7 Å². The Bertz CT molecular complexity index is 207. The van der Waals surface area contributed by atoms with E-state index >= 15 is 0 Å². The number of likely N-dealkylation sites (tertiary alicyclic amines) is 1. The van der Waals surface area contributed by atoms with Crippen LogP contribution in [-0.4, -0.2) is 42.6 Å². The lowest BCUT2D eigenvalue weighted by atomic mass is 10.0. The minimum absolute atomic E-state index is 0.0550. The molecule has 1 aliphatic heterocycles. The summed E-state index contributed by atoms with van der Waals surface area (Å²) in [6.07, 6.45) is 3.31. The van der Waals surface area contributed by atoms with E-state index in [0.717, 1.165) is 19.4 Å². The zero-order valence-corrected chi connectivity index (χ0v) is 9.74. The zero-order valence-electron chi connectivity index (χ0n) is 9.74. The number of nitrogens with zero attached hydrogens (tertiary/aromatic N) is 1. The number of hydrogen-bond acceptors (Lipinski definition) is 3. The molecule has 15 heavy (non-hydrogen) atoms. The maximum atomic E-state index is 11.8. The van der Waals surface area contributed by atoms with Gasteiger partial charge in [-0.3, -0.25) is 4.79 Å². The highest BCUT2D eigenvalue weighted by Crippen LogP contribution is 2.18. The van der Waals surface area contributed by atoms with Crippen LogP contribution >= 0.6 is 0 Å².